The van der Waals surface area contributed by atoms with E-state index in [4.69, 9.17) is 0 Å². The standard InChI is InChI=1S/C10H16N2O/c1-5-7-6-11-9(10(2,3)4)12-8(7)13/h6H,5H2,1-4H3,(H,11,12,13). The van der Waals surface area contributed by atoms with E-state index in [1.54, 1.807) is 6.20 Å². The molecule has 3 heteroatoms. The lowest BCUT2D eigenvalue weighted by atomic mass is 9.96. The lowest BCUT2D eigenvalue weighted by Crippen LogP contribution is -2.23. The minimum atomic E-state index is -0.0918. The average Bonchev–Trinajstić information content (AvgIpc) is 2.02. The van der Waals surface area contributed by atoms with Crippen molar-refractivity contribution in [3.05, 3.63) is 27.9 Å². The Kier molecular flexibility index (Phi) is 2.55. The first kappa shape index (κ1) is 9.96. The highest BCUT2D eigenvalue weighted by Gasteiger charge is 2.16. The second-order valence-electron chi connectivity index (χ2n) is 4.19. The molecule has 0 aliphatic carbocycles. The van der Waals surface area contributed by atoms with Crippen molar-refractivity contribution >= 4 is 0 Å². The van der Waals surface area contributed by atoms with Gasteiger partial charge in [-0.05, 0) is 6.42 Å². The molecular weight excluding hydrogens is 164 g/mol. The third kappa shape index (κ3) is 2.17. The molecule has 1 aromatic rings. The number of rotatable bonds is 1. The van der Waals surface area contributed by atoms with Crippen LogP contribution in [0.25, 0.3) is 0 Å². The molecule has 0 fully saturated rings. The van der Waals surface area contributed by atoms with Crippen LogP contribution in [0.5, 0.6) is 0 Å². The Morgan fingerprint density at radius 1 is 1.46 bits per heavy atom. The summed E-state index contributed by atoms with van der Waals surface area (Å²) in [5, 5.41) is 0. The zero-order valence-corrected chi connectivity index (χ0v) is 8.64. The molecule has 0 spiro atoms. The van der Waals surface area contributed by atoms with Crippen molar-refractivity contribution in [1.82, 2.24) is 9.97 Å². The molecule has 0 saturated heterocycles. The lowest BCUT2D eigenvalue weighted by Gasteiger charge is -2.16. The zero-order valence-electron chi connectivity index (χ0n) is 8.64. The number of aromatic nitrogens is 2. The summed E-state index contributed by atoms with van der Waals surface area (Å²) >= 11 is 0. The van der Waals surface area contributed by atoms with Crippen LogP contribution in [0.1, 0.15) is 39.1 Å². The second kappa shape index (κ2) is 3.32. The van der Waals surface area contributed by atoms with Crippen molar-refractivity contribution in [2.45, 2.75) is 39.5 Å². The molecular formula is C10H16N2O. The van der Waals surface area contributed by atoms with Crippen molar-refractivity contribution in [3.63, 3.8) is 0 Å². The summed E-state index contributed by atoms with van der Waals surface area (Å²) < 4.78 is 0. The quantitative estimate of drug-likeness (QED) is 0.714. The highest BCUT2D eigenvalue weighted by atomic mass is 16.1. The summed E-state index contributed by atoms with van der Waals surface area (Å²) in [7, 11) is 0. The van der Waals surface area contributed by atoms with E-state index in [0.29, 0.717) is 0 Å². The Morgan fingerprint density at radius 3 is 2.46 bits per heavy atom. The van der Waals surface area contributed by atoms with Crippen molar-refractivity contribution < 1.29 is 0 Å². The number of nitrogens with one attached hydrogen (secondary N) is 1. The van der Waals surface area contributed by atoms with Gasteiger partial charge in [-0.3, -0.25) is 4.79 Å². The predicted molar refractivity (Wildman–Crippen MR) is 52.9 cm³/mol. The van der Waals surface area contributed by atoms with E-state index in [0.717, 1.165) is 17.8 Å². The SMILES string of the molecule is CCc1cnc(C(C)(C)C)[nH]c1=O. The predicted octanol–water partition coefficient (Wildman–Crippen LogP) is 1.63. The summed E-state index contributed by atoms with van der Waals surface area (Å²) in [5.74, 6) is 0.745. The average molecular weight is 180 g/mol. The Bertz CT molecular complexity index is 347. The first-order valence-corrected chi connectivity index (χ1v) is 4.54. The molecule has 0 aromatic carbocycles. The minimum absolute atomic E-state index is 0.0116. The summed E-state index contributed by atoms with van der Waals surface area (Å²) in [6.45, 7) is 8.02. The van der Waals surface area contributed by atoms with Crippen LogP contribution in [0, 0.1) is 0 Å². The monoisotopic (exact) mass is 180 g/mol. The molecule has 0 aliphatic heterocycles. The lowest BCUT2D eigenvalue weighted by molar-refractivity contribution is 0.541. The summed E-state index contributed by atoms with van der Waals surface area (Å²) in [6.07, 6.45) is 2.40. The molecule has 0 aliphatic rings. The van der Waals surface area contributed by atoms with Gasteiger partial charge in [0.2, 0.25) is 0 Å². The molecule has 0 unspecified atom stereocenters. The smallest absolute Gasteiger partial charge is 0.254 e. The second-order valence-corrected chi connectivity index (χ2v) is 4.19. The highest BCUT2D eigenvalue weighted by molar-refractivity contribution is 5.09. The summed E-state index contributed by atoms with van der Waals surface area (Å²) in [5.41, 5.74) is 0.640. The van der Waals surface area contributed by atoms with Gasteiger partial charge in [0, 0.05) is 17.2 Å². The van der Waals surface area contributed by atoms with Crippen molar-refractivity contribution in [2.24, 2.45) is 0 Å². The number of aryl methyl sites for hydroxylation is 1. The van der Waals surface area contributed by atoms with E-state index >= 15 is 0 Å². The van der Waals surface area contributed by atoms with Gasteiger partial charge in [-0.15, -0.1) is 0 Å². The molecule has 72 valence electrons. The number of H-pyrrole nitrogens is 1. The maximum Gasteiger partial charge on any atom is 0.254 e. The largest absolute Gasteiger partial charge is 0.310 e. The highest BCUT2D eigenvalue weighted by Crippen LogP contribution is 2.15. The molecule has 0 saturated carbocycles. The molecule has 1 N–H and O–H groups in total. The van der Waals surface area contributed by atoms with Crippen LogP contribution >= 0.6 is 0 Å². The fraction of sp³-hybridized carbons (Fsp3) is 0.600. The van der Waals surface area contributed by atoms with Crippen LogP contribution < -0.4 is 5.56 Å². The van der Waals surface area contributed by atoms with E-state index in [9.17, 15) is 4.79 Å². The summed E-state index contributed by atoms with van der Waals surface area (Å²) in [6, 6.07) is 0. The third-order valence-corrected chi connectivity index (χ3v) is 1.96. The topological polar surface area (TPSA) is 45.8 Å². The third-order valence-electron chi connectivity index (χ3n) is 1.96. The van der Waals surface area contributed by atoms with Gasteiger partial charge in [0.15, 0.2) is 0 Å². The van der Waals surface area contributed by atoms with Gasteiger partial charge in [0.05, 0.1) is 0 Å². The first-order valence-electron chi connectivity index (χ1n) is 4.54. The van der Waals surface area contributed by atoms with Crippen LogP contribution in [0.15, 0.2) is 11.0 Å². The summed E-state index contributed by atoms with van der Waals surface area (Å²) in [4.78, 5) is 18.4. The number of hydrogen-bond donors (Lipinski definition) is 1. The Morgan fingerprint density at radius 2 is 2.08 bits per heavy atom. The van der Waals surface area contributed by atoms with Crippen molar-refractivity contribution in [1.29, 1.82) is 0 Å². The van der Waals surface area contributed by atoms with Gasteiger partial charge in [-0.1, -0.05) is 27.7 Å². The van der Waals surface area contributed by atoms with E-state index in [1.165, 1.54) is 0 Å². The van der Waals surface area contributed by atoms with Crippen molar-refractivity contribution in [3.8, 4) is 0 Å². The molecule has 0 amide bonds. The maximum absolute atomic E-state index is 11.4. The fourth-order valence-electron chi connectivity index (χ4n) is 1.05. The van der Waals surface area contributed by atoms with E-state index < -0.39 is 0 Å². The molecule has 0 radical (unpaired) electrons. The van der Waals surface area contributed by atoms with Crippen molar-refractivity contribution in [2.75, 3.05) is 0 Å². The van der Waals surface area contributed by atoms with Gasteiger partial charge >= 0.3 is 0 Å². The Hall–Kier alpha value is -1.12. The molecule has 3 nitrogen and oxygen atoms in total. The van der Waals surface area contributed by atoms with E-state index in [1.807, 2.05) is 27.7 Å². The zero-order chi connectivity index (χ0) is 10.1. The van der Waals surface area contributed by atoms with Gasteiger partial charge in [0.25, 0.3) is 5.56 Å². The normalized spacial score (nSPS) is 11.7. The Labute approximate surface area is 78.2 Å². The van der Waals surface area contributed by atoms with Gasteiger partial charge in [-0.2, -0.15) is 0 Å². The molecule has 1 aromatic heterocycles. The number of nitrogens with zero attached hydrogens (tertiary/aromatic N) is 1. The number of hydrogen-bond acceptors (Lipinski definition) is 2. The van der Waals surface area contributed by atoms with Crippen LogP contribution in [0.2, 0.25) is 0 Å². The van der Waals surface area contributed by atoms with Crippen LogP contribution in [-0.4, -0.2) is 9.97 Å². The first-order chi connectivity index (χ1) is 5.95. The molecule has 0 atom stereocenters. The van der Waals surface area contributed by atoms with E-state index in [2.05, 4.69) is 9.97 Å². The van der Waals surface area contributed by atoms with E-state index in [-0.39, 0.29) is 11.0 Å². The molecule has 13 heavy (non-hydrogen) atoms. The van der Waals surface area contributed by atoms with Gasteiger partial charge < -0.3 is 4.98 Å². The van der Waals surface area contributed by atoms with Crippen LogP contribution in [-0.2, 0) is 11.8 Å². The Balaban J connectivity index is 3.18. The fourth-order valence-corrected chi connectivity index (χ4v) is 1.05. The van der Waals surface area contributed by atoms with Crippen LogP contribution in [0.3, 0.4) is 0 Å². The molecule has 1 heterocycles. The van der Waals surface area contributed by atoms with Crippen LogP contribution in [0.4, 0.5) is 0 Å². The van der Waals surface area contributed by atoms with Gasteiger partial charge in [-0.25, -0.2) is 4.98 Å². The minimum Gasteiger partial charge on any atom is -0.310 e. The number of aromatic amines is 1. The van der Waals surface area contributed by atoms with Gasteiger partial charge in [0.1, 0.15) is 5.82 Å². The maximum atomic E-state index is 11.4. The molecule has 1 rings (SSSR count). The molecule has 0 bridgehead atoms.